The SMILES string of the molecule is Cc1ccnc2c1C(=O)CC(c1c(Cl)cccc1Cl)C2. The second kappa shape index (κ2) is 5.19. The van der Waals surface area contributed by atoms with Gasteiger partial charge in [-0.1, -0.05) is 29.3 Å². The summed E-state index contributed by atoms with van der Waals surface area (Å²) < 4.78 is 0. The molecule has 1 unspecified atom stereocenters. The van der Waals surface area contributed by atoms with E-state index in [1.165, 1.54) is 0 Å². The van der Waals surface area contributed by atoms with Crippen molar-refractivity contribution in [1.82, 2.24) is 4.98 Å². The lowest BCUT2D eigenvalue weighted by Gasteiger charge is -2.25. The van der Waals surface area contributed by atoms with Crippen LogP contribution in [-0.2, 0) is 6.42 Å². The number of fused-ring (bicyclic) bond motifs is 1. The van der Waals surface area contributed by atoms with Crippen LogP contribution in [0.2, 0.25) is 10.0 Å². The van der Waals surface area contributed by atoms with Crippen LogP contribution in [0.5, 0.6) is 0 Å². The molecule has 0 spiro atoms. The number of pyridine rings is 1. The highest BCUT2D eigenvalue weighted by Gasteiger charge is 2.30. The van der Waals surface area contributed by atoms with Crippen molar-refractivity contribution in [3.05, 3.63) is 62.9 Å². The quantitative estimate of drug-likeness (QED) is 0.770. The van der Waals surface area contributed by atoms with Crippen molar-refractivity contribution in [3.63, 3.8) is 0 Å². The van der Waals surface area contributed by atoms with E-state index >= 15 is 0 Å². The van der Waals surface area contributed by atoms with Gasteiger partial charge in [0.25, 0.3) is 0 Å². The van der Waals surface area contributed by atoms with Gasteiger partial charge in [-0.25, -0.2) is 0 Å². The third-order valence-electron chi connectivity index (χ3n) is 3.80. The smallest absolute Gasteiger partial charge is 0.165 e. The molecule has 2 nitrogen and oxygen atoms in total. The average Bonchev–Trinajstić information content (AvgIpc) is 2.38. The van der Waals surface area contributed by atoms with Crippen LogP contribution in [0.1, 0.15) is 39.5 Å². The highest BCUT2D eigenvalue weighted by molar-refractivity contribution is 6.36. The summed E-state index contributed by atoms with van der Waals surface area (Å²) in [7, 11) is 0. The Morgan fingerprint density at radius 1 is 1.15 bits per heavy atom. The van der Waals surface area contributed by atoms with Crippen molar-refractivity contribution in [3.8, 4) is 0 Å². The van der Waals surface area contributed by atoms with Crippen LogP contribution in [0.15, 0.2) is 30.5 Å². The van der Waals surface area contributed by atoms with E-state index in [2.05, 4.69) is 4.98 Å². The second-order valence-corrected chi connectivity index (χ2v) is 5.93. The van der Waals surface area contributed by atoms with E-state index in [1.807, 2.05) is 31.2 Å². The largest absolute Gasteiger partial charge is 0.294 e. The molecule has 0 fully saturated rings. The lowest BCUT2D eigenvalue weighted by molar-refractivity contribution is 0.0962. The van der Waals surface area contributed by atoms with Gasteiger partial charge < -0.3 is 0 Å². The molecule has 0 saturated heterocycles. The first-order chi connectivity index (χ1) is 9.58. The molecule has 1 heterocycles. The Kier molecular flexibility index (Phi) is 3.53. The van der Waals surface area contributed by atoms with Crippen LogP contribution >= 0.6 is 23.2 Å². The third-order valence-corrected chi connectivity index (χ3v) is 4.46. The maximum Gasteiger partial charge on any atom is 0.165 e. The number of halogens is 2. The van der Waals surface area contributed by atoms with E-state index in [-0.39, 0.29) is 11.7 Å². The molecule has 20 heavy (non-hydrogen) atoms. The van der Waals surface area contributed by atoms with E-state index < -0.39 is 0 Å². The van der Waals surface area contributed by atoms with E-state index in [0.29, 0.717) is 22.9 Å². The molecule has 0 amide bonds. The first-order valence-corrected chi connectivity index (χ1v) is 7.25. The number of hydrogen-bond donors (Lipinski definition) is 0. The summed E-state index contributed by atoms with van der Waals surface area (Å²) in [5.74, 6) is 0.128. The van der Waals surface area contributed by atoms with Gasteiger partial charge in [0.1, 0.15) is 0 Å². The highest BCUT2D eigenvalue weighted by atomic mass is 35.5. The maximum absolute atomic E-state index is 12.4. The van der Waals surface area contributed by atoms with Crippen LogP contribution in [0.25, 0.3) is 0 Å². The van der Waals surface area contributed by atoms with Crippen LogP contribution in [0.4, 0.5) is 0 Å². The minimum Gasteiger partial charge on any atom is -0.294 e. The summed E-state index contributed by atoms with van der Waals surface area (Å²) in [4.78, 5) is 16.7. The topological polar surface area (TPSA) is 30.0 Å². The Hall–Kier alpha value is -1.38. The van der Waals surface area contributed by atoms with Crippen molar-refractivity contribution in [2.24, 2.45) is 0 Å². The highest BCUT2D eigenvalue weighted by Crippen LogP contribution is 2.39. The summed E-state index contributed by atoms with van der Waals surface area (Å²) >= 11 is 12.5. The molecule has 0 aliphatic heterocycles. The Morgan fingerprint density at radius 3 is 2.55 bits per heavy atom. The van der Waals surface area contributed by atoms with Crippen molar-refractivity contribution in [2.75, 3.05) is 0 Å². The zero-order chi connectivity index (χ0) is 14.3. The molecular formula is C16H13Cl2NO. The molecule has 102 valence electrons. The summed E-state index contributed by atoms with van der Waals surface area (Å²) in [6.45, 7) is 1.95. The van der Waals surface area contributed by atoms with E-state index in [9.17, 15) is 4.79 Å². The summed E-state index contributed by atoms with van der Waals surface area (Å²) in [6.07, 6.45) is 2.88. The molecular weight excluding hydrogens is 293 g/mol. The summed E-state index contributed by atoms with van der Waals surface area (Å²) in [5.41, 5.74) is 3.47. The van der Waals surface area contributed by atoms with Crippen LogP contribution in [0, 0.1) is 6.92 Å². The van der Waals surface area contributed by atoms with Gasteiger partial charge >= 0.3 is 0 Å². The minimum absolute atomic E-state index is 0.00509. The second-order valence-electron chi connectivity index (χ2n) is 5.11. The standard InChI is InChI=1S/C16H13Cl2NO/c1-9-5-6-19-13-7-10(8-14(20)15(9)13)16-11(17)3-2-4-12(16)18/h2-6,10H,7-8H2,1H3. The van der Waals surface area contributed by atoms with Crippen molar-refractivity contribution in [1.29, 1.82) is 0 Å². The minimum atomic E-state index is 0.00509. The lowest BCUT2D eigenvalue weighted by Crippen LogP contribution is -2.21. The fourth-order valence-corrected chi connectivity index (χ4v) is 3.59. The van der Waals surface area contributed by atoms with Crippen molar-refractivity contribution < 1.29 is 4.79 Å². The van der Waals surface area contributed by atoms with Gasteiger partial charge in [0.05, 0.1) is 5.69 Å². The summed E-state index contributed by atoms with van der Waals surface area (Å²) in [6, 6.07) is 7.31. The molecule has 1 aromatic heterocycles. The third kappa shape index (κ3) is 2.23. The molecule has 4 heteroatoms. The predicted octanol–water partition coefficient (Wildman–Crippen LogP) is 4.61. The molecule has 0 N–H and O–H groups in total. The first kappa shape index (κ1) is 13.6. The van der Waals surface area contributed by atoms with Crippen LogP contribution in [0.3, 0.4) is 0 Å². The van der Waals surface area contributed by atoms with Crippen molar-refractivity contribution >= 4 is 29.0 Å². The molecule has 3 rings (SSSR count). The fraction of sp³-hybridized carbons (Fsp3) is 0.250. The number of aryl methyl sites for hydroxylation is 1. The number of nitrogens with zero attached hydrogens (tertiary/aromatic N) is 1. The number of benzene rings is 1. The Bertz CT molecular complexity index is 677. The van der Waals surface area contributed by atoms with E-state index in [4.69, 9.17) is 23.2 Å². The van der Waals surface area contributed by atoms with Gasteiger partial charge in [-0.05, 0) is 48.6 Å². The predicted molar refractivity (Wildman–Crippen MR) is 80.8 cm³/mol. The van der Waals surface area contributed by atoms with Gasteiger partial charge in [0, 0.05) is 28.2 Å². The van der Waals surface area contributed by atoms with Crippen molar-refractivity contribution in [2.45, 2.75) is 25.7 Å². The molecule has 2 aromatic rings. The number of ketones is 1. The van der Waals surface area contributed by atoms with Gasteiger partial charge in [-0.3, -0.25) is 9.78 Å². The molecule has 0 bridgehead atoms. The van der Waals surface area contributed by atoms with Gasteiger partial charge in [-0.2, -0.15) is 0 Å². The van der Waals surface area contributed by atoms with E-state index in [0.717, 1.165) is 22.4 Å². The molecule has 1 aromatic carbocycles. The number of rotatable bonds is 1. The number of aromatic nitrogens is 1. The Morgan fingerprint density at radius 2 is 1.85 bits per heavy atom. The Balaban J connectivity index is 2.06. The molecule has 0 saturated carbocycles. The van der Waals surface area contributed by atoms with Crippen LogP contribution < -0.4 is 0 Å². The zero-order valence-corrected chi connectivity index (χ0v) is 12.5. The maximum atomic E-state index is 12.4. The normalized spacial score (nSPS) is 17.9. The Labute approximate surface area is 127 Å². The lowest BCUT2D eigenvalue weighted by atomic mass is 9.80. The number of carbonyl (C=O) groups excluding carboxylic acids is 1. The summed E-state index contributed by atoms with van der Waals surface area (Å²) in [5, 5.41) is 1.23. The number of Topliss-reactive ketones (excluding diaryl/α,β-unsaturated/α-hetero) is 1. The van der Waals surface area contributed by atoms with Crippen LogP contribution in [-0.4, -0.2) is 10.8 Å². The number of carbonyl (C=O) groups is 1. The monoisotopic (exact) mass is 305 g/mol. The van der Waals surface area contributed by atoms with Gasteiger partial charge in [0.2, 0.25) is 0 Å². The molecule has 1 aliphatic carbocycles. The van der Waals surface area contributed by atoms with E-state index in [1.54, 1.807) is 6.20 Å². The molecule has 0 radical (unpaired) electrons. The average molecular weight is 306 g/mol. The molecule has 1 aliphatic rings. The fourth-order valence-electron chi connectivity index (χ4n) is 2.89. The number of hydrogen-bond acceptors (Lipinski definition) is 2. The van der Waals surface area contributed by atoms with Gasteiger partial charge in [0.15, 0.2) is 5.78 Å². The van der Waals surface area contributed by atoms with Gasteiger partial charge in [-0.15, -0.1) is 0 Å². The molecule has 1 atom stereocenters. The first-order valence-electron chi connectivity index (χ1n) is 6.49. The zero-order valence-electron chi connectivity index (χ0n) is 11.0.